The summed E-state index contributed by atoms with van der Waals surface area (Å²) in [4.78, 5) is 45.2. The van der Waals surface area contributed by atoms with Crippen LogP contribution < -0.4 is 0 Å². The Balaban J connectivity index is 1.44. The predicted molar refractivity (Wildman–Crippen MR) is 128 cm³/mol. The number of allylic oxidation sites excluding steroid dienone is 4. The lowest BCUT2D eigenvalue weighted by atomic mass is 9.44. The number of fused-ring (bicyclic) bond motifs is 7. The van der Waals surface area contributed by atoms with Crippen molar-refractivity contribution in [3.05, 3.63) is 48.0 Å². The molecule has 1 aromatic heterocycles. The van der Waals surface area contributed by atoms with Crippen molar-refractivity contribution in [3.63, 3.8) is 0 Å². The van der Waals surface area contributed by atoms with E-state index in [4.69, 9.17) is 14.0 Å². The molecule has 2 unspecified atom stereocenters. The van der Waals surface area contributed by atoms with Crippen molar-refractivity contribution in [2.45, 2.75) is 56.7 Å². The number of Topliss-reactive ketones (excluding diaryl/α,β-unsaturated/α-hetero) is 1. The Morgan fingerprint density at radius 2 is 2.03 bits per heavy atom. The van der Waals surface area contributed by atoms with Gasteiger partial charge in [0.25, 0.3) is 0 Å². The van der Waals surface area contributed by atoms with E-state index in [9.17, 15) is 19.5 Å². The van der Waals surface area contributed by atoms with Gasteiger partial charge in [0.15, 0.2) is 28.6 Å². The van der Waals surface area contributed by atoms with Crippen LogP contribution in [0.25, 0.3) is 0 Å². The van der Waals surface area contributed by atoms with Gasteiger partial charge in [0.1, 0.15) is 12.8 Å². The smallest absolute Gasteiger partial charge is 0.313 e. The summed E-state index contributed by atoms with van der Waals surface area (Å²) in [7, 11) is 1.38. The molecule has 3 saturated carbocycles. The van der Waals surface area contributed by atoms with Crippen molar-refractivity contribution in [3.8, 4) is 0 Å². The Kier molecular flexibility index (Phi) is 5.49. The zero-order valence-electron chi connectivity index (χ0n) is 21.5. The minimum absolute atomic E-state index is 0.0428. The molecule has 38 heavy (non-hydrogen) atoms. The summed E-state index contributed by atoms with van der Waals surface area (Å²) in [5, 5.41) is 12.7. The lowest BCUT2D eigenvalue weighted by Crippen LogP contribution is -2.70. The molecule has 1 aromatic rings. The fraction of sp³-hybridized carbons (Fsp3) is 0.607. The van der Waals surface area contributed by atoms with Crippen molar-refractivity contribution in [2.24, 2.45) is 28.6 Å². The molecular weight excluding hydrogens is 500 g/mol. The van der Waals surface area contributed by atoms with E-state index < -0.39 is 69.6 Å². The fourth-order valence-electron chi connectivity index (χ4n) is 8.63. The number of aliphatic hydroxyl groups excluding tert-OH is 1. The average Bonchev–Trinajstić information content (AvgIpc) is 3.58. The van der Waals surface area contributed by atoms with Crippen LogP contribution in [-0.2, 0) is 19.2 Å². The summed E-state index contributed by atoms with van der Waals surface area (Å²) >= 11 is 0. The van der Waals surface area contributed by atoms with E-state index in [1.165, 1.54) is 38.5 Å². The molecule has 6 rings (SSSR count). The Hall–Kier alpha value is -2.69. The highest BCUT2D eigenvalue weighted by Crippen LogP contribution is 2.72. The first-order chi connectivity index (χ1) is 17.9. The van der Waals surface area contributed by atoms with E-state index >= 15 is 8.78 Å². The molecule has 0 bridgehead atoms. The van der Waals surface area contributed by atoms with Gasteiger partial charge in [-0.05, 0) is 62.0 Å². The number of alkyl halides is 2. The van der Waals surface area contributed by atoms with E-state index in [0.29, 0.717) is 6.42 Å². The van der Waals surface area contributed by atoms with Gasteiger partial charge in [0, 0.05) is 29.8 Å². The molecule has 1 aliphatic heterocycles. The molecular formula is C28H31F2NO7. The summed E-state index contributed by atoms with van der Waals surface area (Å²) < 4.78 is 43.5. The van der Waals surface area contributed by atoms with Gasteiger partial charge in [-0.3, -0.25) is 19.2 Å². The van der Waals surface area contributed by atoms with Gasteiger partial charge >= 0.3 is 5.91 Å². The van der Waals surface area contributed by atoms with Gasteiger partial charge in [-0.15, -0.1) is 0 Å². The Bertz CT molecular complexity index is 1260. The molecule has 8 nitrogen and oxygen atoms in total. The molecule has 4 fully saturated rings. The van der Waals surface area contributed by atoms with Crippen LogP contribution in [0.1, 0.15) is 43.7 Å². The summed E-state index contributed by atoms with van der Waals surface area (Å²) in [5.74, 6) is -3.35. The van der Waals surface area contributed by atoms with Crippen LogP contribution in [-0.4, -0.2) is 71.5 Å². The normalized spacial score (nSPS) is 45.2. The van der Waals surface area contributed by atoms with Crippen LogP contribution in [0.15, 0.2) is 46.6 Å². The molecule has 2 heterocycles. The minimum Gasteiger partial charge on any atom is -0.459 e. The third-order valence-electron chi connectivity index (χ3n) is 10.3. The van der Waals surface area contributed by atoms with Gasteiger partial charge in [0.2, 0.25) is 0 Å². The van der Waals surface area contributed by atoms with Crippen LogP contribution in [0.2, 0.25) is 0 Å². The van der Waals surface area contributed by atoms with Crippen molar-refractivity contribution < 1.29 is 42.3 Å². The molecule has 0 radical (unpaired) electrons. The van der Waals surface area contributed by atoms with Gasteiger partial charge in [-0.1, -0.05) is 13.0 Å². The number of ether oxygens (including phenoxy) is 1. The van der Waals surface area contributed by atoms with Gasteiger partial charge < -0.3 is 14.3 Å². The summed E-state index contributed by atoms with van der Waals surface area (Å²) in [6.07, 6.45) is 1.87. The zero-order chi connectivity index (χ0) is 27.3. The molecule has 0 spiro atoms. The number of ketones is 2. The maximum atomic E-state index is 17.4. The maximum Gasteiger partial charge on any atom is 0.313 e. The second-order valence-electron chi connectivity index (χ2n) is 11.8. The van der Waals surface area contributed by atoms with Crippen molar-refractivity contribution in [2.75, 3.05) is 20.3 Å². The highest BCUT2D eigenvalue weighted by Gasteiger charge is 2.79. The van der Waals surface area contributed by atoms with E-state index in [2.05, 4.69) is 0 Å². The van der Waals surface area contributed by atoms with E-state index in [1.807, 2.05) is 0 Å². The number of rotatable bonds is 4. The van der Waals surface area contributed by atoms with Gasteiger partial charge in [0.05, 0.1) is 18.9 Å². The number of halogens is 2. The largest absolute Gasteiger partial charge is 0.459 e. The molecule has 9 atom stereocenters. The van der Waals surface area contributed by atoms with E-state index in [1.54, 1.807) is 13.0 Å². The van der Waals surface area contributed by atoms with Gasteiger partial charge in [-0.2, -0.15) is 0 Å². The summed E-state index contributed by atoms with van der Waals surface area (Å²) in [6.45, 7) is 3.06. The predicted octanol–water partition coefficient (Wildman–Crippen LogP) is 3.17. The molecule has 1 N–H and O–H groups in total. The zero-order valence-corrected chi connectivity index (χ0v) is 21.5. The molecule has 204 valence electrons. The standard InChI is InChI=1S/C28H31F2NO7/c1-25-7-6-16(32)10-19(25)20(29)11-18-17-9-15-13-31(24(35)21-5-4-8-37-21)38-28(15,23(34)14-36-3)26(17,2)12-22(33)27(18,25)30/h4-8,10,15,17-18,20,22,33H,9,11-14H2,1-3H3/t15-,17?,18?,20-,22-,25-,26-,27-,28-/m0/s1. The Labute approximate surface area is 218 Å². The fourth-order valence-corrected chi connectivity index (χ4v) is 8.63. The van der Waals surface area contributed by atoms with Crippen LogP contribution in [0.5, 0.6) is 0 Å². The topological polar surface area (TPSA) is 106 Å². The van der Waals surface area contributed by atoms with E-state index in [-0.39, 0.29) is 37.3 Å². The average molecular weight is 532 g/mol. The quantitative estimate of drug-likeness (QED) is 0.636. The summed E-state index contributed by atoms with van der Waals surface area (Å²) in [6, 6.07) is 3.06. The SMILES string of the molecule is COCC(=O)[C@@]12ON(C(=O)c3ccco3)C[C@@H]1CC1C3C[C@H](F)C4=CC(=O)C=C[C@]4(C)[C@@]3(F)[C@@H](O)C[C@@]12C. The van der Waals surface area contributed by atoms with Gasteiger partial charge in [-0.25, -0.2) is 13.8 Å². The molecule has 5 aliphatic rings. The second-order valence-corrected chi connectivity index (χ2v) is 11.8. The number of furan rings is 1. The lowest BCUT2D eigenvalue weighted by Gasteiger charge is -2.63. The van der Waals surface area contributed by atoms with Crippen LogP contribution in [0.3, 0.4) is 0 Å². The van der Waals surface area contributed by atoms with Crippen LogP contribution in [0.4, 0.5) is 8.78 Å². The molecule has 0 aromatic carbocycles. The maximum absolute atomic E-state index is 17.4. The number of hydrogen-bond donors (Lipinski definition) is 1. The lowest BCUT2D eigenvalue weighted by molar-refractivity contribution is -0.256. The Morgan fingerprint density at radius 3 is 2.71 bits per heavy atom. The number of amides is 1. The number of carbonyl (C=O) groups is 3. The number of aliphatic hydroxyl groups is 1. The molecule has 4 aliphatic carbocycles. The first-order valence-electron chi connectivity index (χ1n) is 13.0. The van der Waals surface area contributed by atoms with Crippen molar-refractivity contribution in [1.82, 2.24) is 5.06 Å². The highest BCUT2D eigenvalue weighted by molar-refractivity contribution is 6.01. The third kappa shape index (κ3) is 2.91. The molecule has 1 saturated heterocycles. The first kappa shape index (κ1) is 25.6. The molecule has 10 heteroatoms. The number of hydrogen-bond acceptors (Lipinski definition) is 7. The van der Waals surface area contributed by atoms with Crippen LogP contribution in [0, 0.1) is 28.6 Å². The minimum atomic E-state index is -2.27. The monoisotopic (exact) mass is 531 g/mol. The van der Waals surface area contributed by atoms with E-state index in [0.717, 1.165) is 11.1 Å². The van der Waals surface area contributed by atoms with Crippen molar-refractivity contribution >= 4 is 17.5 Å². The number of methoxy groups -OCH3 is 1. The number of hydroxylamine groups is 2. The van der Waals surface area contributed by atoms with Crippen molar-refractivity contribution in [1.29, 1.82) is 0 Å². The summed E-state index contributed by atoms with van der Waals surface area (Å²) in [5.41, 5.74) is -6.46. The second kappa shape index (κ2) is 8.16. The molecule has 1 amide bonds. The first-order valence-corrected chi connectivity index (χ1v) is 13.0. The Morgan fingerprint density at radius 1 is 1.26 bits per heavy atom. The highest BCUT2D eigenvalue weighted by atomic mass is 19.1. The number of nitrogens with zero attached hydrogens (tertiary/aromatic N) is 1. The van der Waals surface area contributed by atoms with Crippen LogP contribution >= 0.6 is 0 Å². The third-order valence-corrected chi connectivity index (χ3v) is 10.3. The number of carbonyl (C=O) groups excluding carboxylic acids is 3.